The fourth-order valence-corrected chi connectivity index (χ4v) is 4.13. The molecule has 2 heterocycles. The zero-order chi connectivity index (χ0) is 22.7. The van der Waals surface area contributed by atoms with Gasteiger partial charge in [-0.25, -0.2) is 0 Å². The fraction of sp³-hybridized carbons (Fsp3) is 0.160. The number of carbonyl (C=O) groups excluding carboxylic acids is 1. The lowest BCUT2D eigenvalue weighted by atomic mass is 10.0. The van der Waals surface area contributed by atoms with Gasteiger partial charge in [-0.1, -0.05) is 47.7 Å². The molecule has 6 nitrogen and oxygen atoms in total. The van der Waals surface area contributed by atoms with Crippen LogP contribution in [0.5, 0.6) is 11.5 Å². The number of carbonyl (C=O) groups is 1. The molecule has 0 atom stereocenters. The minimum atomic E-state index is -0.429. The number of thioether (sulfide) groups is 1. The highest BCUT2D eigenvalue weighted by Crippen LogP contribution is 2.36. The highest BCUT2D eigenvalue weighted by molar-refractivity contribution is 8.16. The smallest absolute Gasteiger partial charge is 0.283 e. The summed E-state index contributed by atoms with van der Waals surface area (Å²) in [6.07, 6.45) is 5.76. The average molecular weight is 446 g/mol. The maximum absolute atomic E-state index is 12.5. The minimum absolute atomic E-state index is 0.102. The summed E-state index contributed by atoms with van der Waals surface area (Å²) in [7, 11) is 1.58. The number of amidine groups is 2. The summed E-state index contributed by atoms with van der Waals surface area (Å²) >= 11 is 1.32. The number of rotatable bonds is 7. The maximum Gasteiger partial charge on any atom is 0.283 e. The zero-order valence-corrected chi connectivity index (χ0v) is 18.7. The van der Waals surface area contributed by atoms with E-state index in [9.17, 15) is 4.79 Å². The van der Waals surface area contributed by atoms with Crippen molar-refractivity contribution >= 4 is 34.7 Å². The molecule has 0 unspecified atom stereocenters. The van der Waals surface area contributed by atoms with E-state index in [2.05, 4.69) is 11.6 Å². The molecule has 0 aliphatic carbocycles. The van der Waals surface area contributed by atoms with Gasteiger partial charge >= 0.3 is 0 Å². The Kier molecular flexibility index (Phi) is 6.28. The number of ether oxygens (including phenoxy) is 2. The van der Waals surface area contributed by atoms with Gasteiger partial charge in [0.15, 0.2) is 16.7 Å². The number of hydrogen-bond donors (Lipinski definition) is 1. The lowest BCUT2D eigenvalue weighted by Crippen LogP contribution is -2.35. The van der Waals surface area contributed by atoms with E-state index in [1.807, 2.05) is 37.3 Å². The Morgan fingerprint density at radius 2 is 2.03 bits per heavy atom. The van der Waals surface area contributed by atoms with Gasteiger partial charge in [-0.15, -0.1) is 6.58 Å². The molecule has 0 aromatic heterocycles. The SMILES string of the molecule is C=CCc1cc(/C=C2/C(=N)N3C=CSC3=NC2=O)cc(OC)c1OCc1ccc(C)cc1. The Balaban J connectivity index is 1.67. The third kappa shape index (κ3) is 4.38. The number of fused-ring (bicyclic) bond motifs is 1. The van der Waals surface area contributed by atoms with Gasteiger partial charge in [0, 0.05) is 11.8 Å². The second-order valence-electron chi connectivity index (χ2n) is 7.36. The first-order chi connectivity index (χ1) is 15.5. The molecular formula is C25H23N3O3S. The third-order valence-electron chi connectivity index (χ3n) is 5.07. The average Bonchev–Trinajstić information content (AvgIpc) is 3.25. The highest BCUT2D eigenvalue weighted by atomic mass is 32.2. The molecule has 0 saturated heterocycles. The lowest BCUT2D eigenvalue weighted by Gasteiger charge is -2.22. The van der Waals surface area contributed by atoms with E-state index < -0.39 is 5.91 Å². The van der Waals surface area contributed by atoms with Crippen molar-refractivity contribution in [3.8, 4) is 11.5 Å². The van der Waals surface area contributed by atoms with Gasteiger partial charge in [-0.2, -0.15) is 4.99 Å². The van der Waals surface area contributed by atoms with Crippen molar-refractivity contribution in [3.63, 3.8) is 0 Å². The molecule has 162 valence electrons. The van der Waals surface area contributed by atoms with E-state index in [1.54, 1.807) is 41.8 Å². The summed E-state index contributed by atoms with van der Waals surface area (Å²) in [5, 5.41) is 10.7. The molecule has 4 rings (SSSR count). The number of aryl methyl sites for hydroxylation is 1. The van der Waals surface area contributed by atoms with Crippen molar-refractivity contribution in [2.75, 3.05) is 7.11 Å². The molecule has 7 heteroatoms. The number of methoxy groups -OCH3 is 1. The van der Waals surface area contributed by atoms with Crippen LogP contribution in [-0.2, 0) is 17.8 Å². The van der Waals surface area contributed by atoms with Gasteiger partial charge in [0.2, 0.25) is 0 Å². The van der Waals surface area contributed by atoms with Crippen LogP contribution >= 0.6 is 11.8 Å². The van der Waals surface area contributed by atoms with Crippen LogP contribution in [0.15, 0.2) is 71.2 Å². The zero-order valence-electron chi connectivity index (χ0n) is 17.9. The predicted molar refractivity (Wildman–Crippen MR) is 129 cm³/mol. The Morgan fingerprint density at radius 3 is 2.75 bits per heavy atom. The number of nitrogens with zero attached hydrogens (tertiary/aromatic N) is 2. The molecule has 0 bridgehead atoms. The number of allylic oxidation sites excluding steroid dienone is 1. The van der Waals surface area contributed by atoms with Gasteiger partial charge in [0.05, 0.1) is 12.7 Å². The molecule has 0 spiro atoms. The van der Waals surface area contributed by atoms with Crippen LogP contribution in [0.3, 0.4) is 0 Å². The van der Waals surface area contributed by atoms with Gasteiger partial charge in [0.1, 0.15) is 12.4 Å². The Labute approximate surface area is 191 Å². The summed E-state index contributed by atoms with van der Waals surface area (Å²) in [4.78, 5) is 18.2. The van der Waals surface area contributed by atoms with E-state index in [1.165, 1.54) is 17.3 Å². The fourth-order valence-electron chi connectivity index (χ4n) is 3.43. The number of amides is 1. The molecule has 2 aromatic rings. The number of aliphatic imine (C=N–C) groups is 1. The maximum atomic E-state index is 12.5. The standard InChI is InChI=1S/C25H23N3O3S/c1-4-5-19-12-18(13-20-23(26)28-10-11-32-25(28)27-24(20)29)14-21(30-3)22(19)31-15-17-8-6-16(2)7-9-17/h4,6-14,26H,1,5,15H2,2-3H3/b20-13-,26-23?. The predicted octanol–water partition coefficient (Wildman–Crippen LogP) is 5.09. The quantitative estimate of drug-likeness (QED) is 0.475. The largest absolute Gasteiger partial charge is 0.493 e. The summed E-state index contributed by atoms with van der Waals surface area (Å²) < 4.78 is 11.8. The van der Waals surface area contributed by atoms with Crippen molar-refractivity contribution in [1.82, 2.24) is 4.90 Å². The Bertz CT molecular complexity index is 1180. The van der Waals surface area contributed by atoms with E-state index in [0.717, 1.165) is 16.7 Å². The molecular weight excluding hydrogens is 422 g/mol. The lowest BCUT2D eigenvalue weighted by molar-refractivity contribution is -0.114. The molecule has 0 saturated carbocycles. The second kappa shape index (κ2) is 9.28. The molecule has 2 aliphatic rings. The summed E-state index contributed by atoms with van der Waals surface area (Å²) in [6, 6.07) is 11.9. The molecule has 32 heavy (non-hydrogen) atoms. The Hall–Kier alpha value is -3.58. The molecule has 2 aromatic carbocycles. The normalized spacial score (nSPS) is 16.2. The number of hydrogen-bond acceptors (Lipinski definition) is 5. The molecule has 1 amide bonds. The second-order valence-corrected chi connectivity index (χ2v) is 8.23. The van der Waals surface area contributed by atoms with Crippen LogP contribution in [-0.4, -0.2) is 28.9 Å². The van der Waals surface area contributed by atoms with Crippen molar-refractivity contribution in [1.29, 1.82) is 5.41 Å². The van der Waals surface area contributed by atoms with Crippen molar-refractivity contribution < 1.29 is 14.3 Å². The van der Waals surface area contributed by atoms with Crippen LogP contribution in [0.4, 0.5) is 0 Å². The van der Waals surface area contributed by atoms with E-state index >= 15 is 0 Å². The molecule has 1 N–H and O–H groups in total. The molecule has 2 aliphatic heterocycles. The van der Waals surface area contributed by atoms with Crippen molar-refractivity contribution in [2.45, 2.75) is 20.0 Å². The van der Waals surface area contributed by atoms with Crippen LogP contribution in [0, 0.1) is 12.3 Å². The molecule has 0 fully saturated rings. The summed E-state index contributed by atoms with van der Waals surface area (Å²) in [6.45, 7) is 6.30. The van der Waals surface area contributed by atoms with E-state index in [-0.39, 0.29) is 11.4 Å². The first-order valence-electron chi connectivity index (χ1n) is 10.1. The molecule has 0 radical (unpaired) electrons. The van der Waals surface area contributed by atoms with Crippen LogP contribution < -0.4 is 9.47 Å². The first kappa shape index (κ1) is 21.6. The van der Waals surface area contributed by atoms with Gasteiger partial charge in [-0.05, 0) is 48.1 Å². The van der Waals surface area contributed by atoms with E-state index in [0.29, 0.717) is 29.7 Å². The van der Waals surface area contributed by atoms with Crippen LogP contribution in [0.1, 0.15) is 22.3 Å². The first-order valence-corrected chi connectivity index (χ1v) is 10.9. The van der Waals surface area contributed by atoms with Gasteiger partial charge in [-0.3, -0.25) is 15.1 Å². The van der Waals surface area contributed by atoms with E-state index in [4.69, 9.17) is 14.9 Å². The third-order valence-corrected chi connectivity index (χ3v) is 5.82. The van der Waals surface area contributed by atoms with Crippen molar-refractivity contribution in [3.05, 3.63) is 88.5 Å². The minimum Gasteiger partial charge on any atom is -0.493 e. The highest BCUT2D eigenvalue weighted by Gasteiger charge is 2.31. The Morgan fingerprint density at radius 1 is 1.25 bits per heavy atom. The van der Waals surface area contributed by atoms with Gasteiger partial charge < -0.3 is 9.47 Å². The summed E-state index contributed by atoms with van der Waals surface area (Å²) in [5.41, 5.74) is 4.08. The number of nitrogens with one attached hydrogen (secondary N) is 1. The van der Waals surface area contributed by atoms with Gasteiger partial charge in [0.25, 0.3) is 5.91 Å². The monoisotopic (exact) mass is 445 g/mol. The summed E-state index contributed by atoms with van der Waals surface area (Å²) in [5.74, 6) is 0.866. The number of benzene rings is 2. The van der Waals surface area contributed by atoms with Crippen LogP contribution in [0.2, 0.25) is 0 Å². The van der Waals surface area contributed by atoms with Crippen molar-refractivity contribution in [2.24, 2.45) is 4.99 Å². The van der Waals surface area contributed by atoms with Crippen LogP contribution in [0.25, 0.3) is 6.08 Å². The topological polar surface area (TPSA) is 75.0 Å².